The van der Waals surface area contributed by atoms with Crippen molar-refractivity contribution in [2.24, 2.45) is 0 Å². The van der Waals surface area contributed by atoms with E-state index in [1.165, 1.54) is 69.8 Å². The van der Waals surface area contributed by atoms with Crippen molar-refractivity contribution in [1.82, 2.24) is 0 Å². The van der Waals surface area contributed by atoms with Crippen molar-refractivity contribution in [3.63, 3.8) is 0 Å². The van der Waals surface area contributed by atoms with Gasteiger partial charge in [-0.15, -0.1) is 0 Å². The number of carboxylic acid groups (broad SMARTS) is 1. The molecule has 0 aliphatic heterocycles. The van der Waals surface area contributed by atoms with E-state index in [2.05, 4.69) is 27.7 Å². The summed E-state index contributed by atoms with van der Waals surface area (Å²) in [6, 6.07) is 0. The van der Waals surface area contributed by atoms with Crippen molar-refractivity contribution >= 4 is 6.16 Å². The number of phenols is 1. The molecule has 0 saturated heterocycles. The minimum Gasteiger partial charge on any atom is -0.504 e. The fourth-order valence-corrected chi connectivity index (χ4v) is 5.05. The number of ether oxygens (including phenoxy) is 2. The van der Waals surface area contributed by atoms with Gasteiger partial charge in [-0.25, -0.2) is 4.79 Å². The molecule has 0 aromatic heterocycles. The zero-order valence-corrected chi connectivity index (χ0v) is 24.5. The van der Waals surface area contributed by atoms with E-state index in [9.17, 15) is 15.0 Å². The molecule has 1 aromatic carbocycles. The Morgan fingerprint density at radius 1 is 0.568 bits per heavy atom. The van der Waals surface area contributed by atoms with Gasteiger partial charge >= 0.3 is 6.16 Å². The quantitative estimate of drug-likeness (QED) is 0.0852. The first-order valence-electron chi connectivity index (χ1n) is 15.4. The first kappa shape index (κ1) is 33.1. The summed E-state index contributed by atoms with van der Waals surface area (Å²) in [7, 11) is 0. The van der Waals surface area contributed by atoms with E-state index < -0.39 is 6.16 Å². The fourth-order valence-electron chi connectivity index (χ4n) is 5.05. The van der Waals surface area contributed by atoms with Crippen molar-refractivity contribution in [2.75, 3.05) is 6.61 Å². The number of benzene rings is 1. The van der Waals surface area contributed by atoms with Crippen LogP contribution < -0.4 is 9.47 Å². The Kier molecular flexibility index (Phi) is 18.9. The molecule has 1 aromatic rings. The standard InChI is InChI=1S/C32H56O5/c1-5-9-13-16-19-22-26-27(23-20-17-14-10-6-2)29(33)31(37-32(34)35)30(36-25-12-8-4)28(26)24-21-18-15-11-7-3/h33H,5-25H2,1-4H3,(H,34,35). The van der Waals surface area contributed by atoms with Crippen LogP contribution in [0.5, 0.6) is 17.2 Å². The third kappa shape index (κ3) is 12.9. The lowest BCUT2D eigenvalue weighted by Gasteiger charge is -2.24. The van der Waals surface area contributed by atoms with Gasteiger partial charge in [-0.2, -0.15) is 0 Å². The molecule has 0 unspecified atom stereocenters. The first-order valence-corrected chi connectivity index (χ1v) is 15.4. The molecule has 0 atom stereocenters. The minimum atomic E-state index is -1.41. The van der Waals surface area contributed by atoms with Gasteiger partial charge in [0.15, 0.2) is 11.5 Å². The SMILES string of the molecule is CCCCCCCc1c(O)c(OC(=O)O)c(OCCCC)c(CCCCCCC)c1CCCCCCC. The predicted molar refractivity (Wildman–Crippen MR) is 155 cm³/mol. The maximum Gasteiger partial charge on any atom is 0.511 e. The van der Waals surface area contributed by atoms with E-state index >= 15 is 0 Å². The summed E-state index contributed by atoms with van der Waals surface area (Å²) in [4.78, 5) is 11.7. The van der Waals surface area contributed by atoms with Crippen LogP contribution in [0.25, 0.3) is 0 Å². The molecule has 0 amide bonds. The summed E-state index contributed by atoms with van der Waals surface area (Å²) in [6.45, 7) is 9.25. The van der Waals surface area contributed by atoms with Crippen LogP contribution in [0, 0.1) is 0 Å². The van der Waals surface area contributed by atoms with E-state index in [0.29, 0.717) is 12.4 Å². The number of phenolic OH excluding ortho intramolecular Hbond substituents is 1. The van der Waals surface area contributed by atoms with Gasteiger partial charge < -0.3 is 19.7 Å². The van der Waals surface area contributed by atoms with Gasteiger partial charge in [-0.3, -0.25) is 0 Å². The largest absolute Gasteiger partial charge is 0.511 e. The van der Waals surface area contributed by atoms with Crippen LogP contribution in [-0.2, 0) is 19.3 Å². The molecule has 2 N–H and O–H groups in total. The summed E-state index contributed by atoms with van der Waals surface area (Å²) in [5.74, 6) is 0.440. The van der Waals surface area contributed by atoms with Crippen molar-refractivity contribution in [2.45, 2.75) is 156 Å². The van der Waals surface area contributed by atoms with E-state index in [1.54, 1.807) is 0 Å². The molecule has 0 radical (unpaired) electrons. The smallest absolute Gasteiger partial charge is 0.504 e. The highest BCUT2D eigenvalue weighted by molar-refractivity contribution is 5.70. The molecule has 0 spiro atoms. The summed E-state index contributed by atoms with van der Waals surface area (Å²) < 4.78 is 11.5. The van der Waals surface area contributed by atoms with Gasteiger partial charge in [0.05, 0.1) is 6.61 Å². The highest BCUT2D eigenvalue weighted by Crippen LogP contribution is 2.47. The Balaban J connectivity index is 3.45. The molecule has 5 nitrogen and oxygen atoms in total. The number of hydrogen-bond donors (Lipinski definition) is 2. The van der Waals surface area contributed by atoms with Crippen LogP contribution in [0.2, 0.25) is 0 Å². The van der Waals surface area contributed by atoms with Crippen LogP contribution in [0.15, 0.2) is 0 Å². The fraction of sp³-hybridized carbons (Fsp3) is 0.781. The van der Waals surface area contributed by atoms with Crippen molar-refractivity contribution in [3.8, 4) is 17.2 Å². The third-order valence-corrected chi connectivity index (χ3v) is 7.23. The highest BCUT2D eigenvalue weighted by Gasteiger charge is 2.27. The average Bonchev–Trinajstić information content (AvgIpc) is 2.88. The molecular weight excluding hydrogens is 464 g/mol. The second-order valence-corrected chi connectivity index (χ2v) is 10.5. The average molecular weight is 521 g/mol. The van der Waals surface area contributed by atoms with Crippen molar-refractivity contribution in [1.29, 1.82) is 0 Å². The molecule has 0 aliphatic carbocycles. The molecule has 0 fully saturated rings. The normalized spacial score (nSPS) is 11.1. The topological polar surface area (TPSA) is 76.0 Å². The number of rotatable bonds is 23. The Hall–Kier alpha value is -1.91. The molecule has 0 bridgehead atoms. The highest BCUT2D eigenvalue weighted by atomic mass is 16.7. The summed E-state index contributed by atoms with van der Waals surface area (Å²) in [6.07, 6.45) is 20.3. The number of unbranched alkanes of at least 4 members (excludes halogenated alkanes) is 13. The first-order chi connectivity index (χ1) is 18.0. The van der Waals surface area contributed by atoms with Gasteiger partial charge in [0.2, 0.25) is 5.75 Å². The lowest BCUT2D eigenvalue weighted by atomic mass is 9.88. The van der Waals surface area contributed by atoms with Gasteiger partial charge in [0.25, 0.3) is 0 Å². The maximum absolute atomic E-state index is 11.7. The van der Waals surface area contributed by atoms with Crippen molar-refractivity contribution < 1.29 is 24.5 Å². The van der Waals surface area contributed by atoms with Gasteiger partial charge in [0, 0.05) is 11.1 Å². The van der Waals surface area contributed by atoms with E-state index in [1.807, 2.05) is 0 Å². The monoisotopic (exact) mass is 520 g/mol. The summed E-state index contributed by atoms with van der Waals surface area (Å²) in [5.41, 5.74) is 3.14. The van der Waals surface area contributed by atoms with Crippen LogP contribution in [-0.4, -0.2) is 23.0 Å². The van der Waals surface area contributed by atoms with Crippen LogP contribution in [0.1, 0.15) is 154 Å². The predicted octanol–water partition coefficient (Wildman–Crippen LogP) is 10.2. The molecular formula is C32H56O5. The molecule has 0 aliphatic rings. The number of carbonyl (C=O) groups is 1. The van der Waals surface area contributed by atoms with Crippen molar-refractivity contribution in [3.05, 3.63) is 16.7 Å². The van der Waals surface area contributed by atoms with Crippen LogP contribution in [0.3, 0.4) is 0 Å². The lowest BCUT2D eigenvalue weighted by Crippen LogP contribution is -2.12. The maximum atomic E-state index is 11.7. The van der Waals surface area contributed by atoms with Gasteiger partial charge in [-0.05, 0) is 50.5 Å². The number of aromatic hydroxyl groups is 1. The summed E-state index contributed by atoms with van der Waals surface area (Å²) in [5, 5.41) is 20.9. The molecule has 37 heavy (non-hydrogen) atoms. The molecule has 0 saturated carbocycles. The van der Waals surface area contributed by atoms with Crippen LogP contribution >= 0.6 is 0 Å². The van der Waals surface area contributed by atoms with Gasteiger partial charge in [0.1, 0.15) is 0 Å². The zero-order valence-electron chi connectivity index (χ0n) is 24.5. The Labute approximate surface area is 227 Å². The Bertz CT molecular complexity index is 743. The van der Waals surface area contributed by atoms with Crippen LogP contribution in [0.4, 0.5) is 4.79 Å². The molecule has 5 heteroatoms. The molecule has 1 rings (SSSR count). The summed E-state index contributed by atoms with van der Waals surface area (Å²) >= 11 is 0. The second kappa shape index (κ2) is 21.1. The van der Waals surface area contributed by atoms with E-state index in [0.717, 1.165) is 75.3 Å². The third-order valence-electron chi connectivity index (χ3n) is 7.23. The lowest BCUT2D eigenvalue weighted by molar-refractivity contribution is 0.140. The Morgan fingerprint density at radius 2 is 1.00 bits per heavy atom. The number of hydrogen-bond acceptors (Lipinski definition) is 4. The van der Waals surface area contributed by atoms with E-state index in [4.69, 9.17) is 9.47 Å². The Morgan fingerprint density at radius 3 is 1.46 bits per heavy atom. The molecule has 214 valence electrons. The molecule has 0 heterocycles. The van der Waals surface area contributed by atoms with E-state index in [-0.39, 0.29) is 11.5 Å². The zero-order chi connectivity index (χ0) is 27.3. The second-order valence-electron chi connectivity index (χ2n) is 10.5. The minimum absolute atomic E-state index is 0.00505. The van der Waals surface area contributed by atoms with Gasteiger partial charge in [-0.1, -0.05) is 111 Å².